The van der Waals surface area contributed by atoms with Crippen molar-refractivity contribution >= 4 is 61.2 Å². The summed E-state index contributed by atoms with van der Waals surface area (Å²) in [5, 5.41) is 37.7. The number of nitro groups is 3. The van der Waals surface area contributed by atoms with Gasteiger partial charge in [-0.25, -0.2) is 29.9 Å². The third-order valence-electron chi connectivity index (χ3n) is 8.33. The van der Waals surface area contributed by atoms with E-state index in [1.165, 1.54) is 0 Å². The number of nitrogens with zero attached hydrogens (tertiary/aromatic N) is 9. The van der Waals surface area contributed by atoms with Gasteiger partial charge in [0.05, 0.1) is 14.8 Å². The van der Waals surface area contributed by atoms with E-state index in [1.54, 1.807) is 48.5 Å². The number of benzene rings is 4. The van der Waals surface area contributed by atoms with E-state index in [2.05, 4.69) is 24.9 Å². The molecule has 2 aliphatic rings. The first-order valence-corrected chi connectivity index (χ1v) is 14.5. The summed E-state index contributed by atoms with van der Waals surface area (Å²) in [7, 11) is 0. The van der Waals surface area contributed by atoms with Gasteiger partial charge in [-0.05, 0) is 0 Å². The molecule has 7 aromatic rings. The van der Waals surface area contributed by atoms with Gasteiger partial charge in [-0.2, -0.15) is 0 Å². The summed E-state index contributed by atoms with van der Waals surface area (Å²) in [6.07, 6.45) is 0. The fraction of sp³-hybridized carbons (Fsp3) is 0. The number of rotatable bonds is 3. The predicted molar refractivity (Wildman–Crippen MR) is 176 cm³/mol. The van der Waals surface area contributed by atoms with Crippen LogP contribution in [0.5, 0.6) is 0 Å². The van der Waals surface area contributed by atoms with Crippen molar-refractivity contribution in [2.24, 2.45) is 0 Å². The van der Waals surface area contributed by atoms with Gasteiger partial charge >= 0.3 is 39.4 Å². The second-order valence-electron chi connectivity index (χ2n) is 11.0. The first kappa shape index (κ1) is 30.5. The molecule has 5 heterocycles. The molecule has 3 aromatic heterocycles. The molecule has 0 saturated heterocycles. The third kappa shape index (κ3) is 4.45. The maximum absolute atomic E-state index is 12.5. The van der Waals surface area contributed by atoms with Gasteiger partial charge < -0.3 is 9.97 Å². The fourth-order valence-electron chi connectivity index (χ4n) is 6.25. The Balaban J connectivity index is 0.00000361. The minimum Gasteiger partial charge on any atom is -0.324 e. The Labute approximate surface area is 292 Å². The van der Waals surface area contributed by atoms with Crippen molar-refractivity contribution in [3.8, 4) is 45.6 Å². The van der Waals surface area contributed by atoms with Crippen LogP contribution in [0.1, 0.15) is 0 Å². The van der Waals surface area contributed by atoms with Gasteiger partial charge in [0, 0.05) is 44.5 Å². The molecule has 50 heavy (non-hydrogen) atoms. The van der Waals surface area contributed by atoms with Crippen LogP contribution >= 0.6 is 0 Å². The van der Waals surface area contributed by atoms with Crippen LogP contribution < -0.4 is 0 Å². The van der Waals surface area contributed by atoms with Crippen molar-refractivity contribution in [3.63, 3.8) is 0 Å². The zero-order valence-corrected chi connectivity index (χ0v) is 26.3. The van der Waals surface area contributed by atoms with E-state index < -0.39 is 31.8 Å². The Morgan fingerprint density at radius 2 is 0.840 bits per heavy atom. The molecule has 18 heteroatoms. The maximum Gasteiger partial charge on any atom is 1.00 e. The van der Waals surface area contributed by atoms with Crippen LogP contribution in [0, 0.1) is 30.3 Å². The molecular formula is C32H15AgN11O6+. The first-order chi connectivity index (χ1) is 23.8. The number of fused-ring (bicyclic) bond motifs is 20. The van der Waals surface area contributed by atoms with Crippen molar-refractivity contribution < 1.29 is 37.2 Å². The number of nitro benzene ring substituents is 3. The smallest absolute Gasteiger partial charge is 0.324 e. The zero-order chi connectivity index (χ0) is 33.6. The topological polar surface area (TPSA) is 238 Å². The SMILES string of the molecule is O=[N+]([O-])c1cc2c3nc4nc(nc5[nH]c(nc6nc(nc([nH]3)c2c([N+](=O)[O-])c1[N+](=O)[O-])-c1ccccc1-6)c1ccccc51)-c1ccccc1-4.[Ag+]. The van der Waals surface area contributed by atoms with Crippen molar-refractivity contribution in [1.82, 2.24) is 39.9 Å². The average Bonchev–Trinajstić information content (AvgIpc) is 3.83. The second-order valence-corrected chi connectivity index (χ2v) is 11.0. The molecule has 0 radical (unpaired) electrons. The van der Waals surface area contributed by atoms with E-state index in [4.69, 9.17) is 15.0 Å². The Kier molecular flexibility index (Phi) is 6.79. The van der Waals surface area contributed by atoms with E-state index in [0.29, 0.717) is 39.4 Å². The molecule has 0 aliphatic carbocycles. The van der Waals surface area contributed by atoms with Gasteiger partial charge in [0.2, 0.25) is 0 Å². The average molecular weight is 757 g/mol. The molecule has 9 rings (SSSR count). The van der Waals surface area contributed by atoms with Crippen LogP contribution in [0.4, 0.5) is 17.1 Å². The molecule has 0 fully saturated rings. The van der Waals surface area contributed by atoms with Gasteiger partial charge in [0.15, 0.2) is 23.3 Å². The number of nitrogens with one attached hydrogen (secondary N) is 2. The normalized spacial score (nSPS) is 11.5. The predicted octanol–water partition coefficient (Wildman–Crippen LogP) is 6.59. The molecule has 2 N–H and O–H groups in total. The number of hydrogen-bond donors (Lipinski definition) is 2. The van der Waals surface area contributed by atoms with E-state index in [1.807, 2.05) is 24.3 Å². The summed E-state index contributed by atoms with van der Waals surface area (Å²) in [5.41, 5.74) is -0.572. The summed E-state index contributed by atoms with van der Waals surface area (Å²) in [5.74, 6) is 0.801. The van der Waals surface area contributed by atoms with Crippen molar-refractivity contribution in [2.45, 2.75) is 0 Å². The Morgan fingerprint density at radius 3 is 1.26 bits per heavy atom. The van der Waals surface area contributed by atoms with Gasteiger partial charge in [-0.15, -0.1) is 0 Å². The largest absolute Gasteiger partial charge is 1.00 e. The van der Waals surface area contributed by atoms with Gasteiger partial charge in [-0.3, -0.25) is 30.3 Å². The molecular weight excluding hydrogens is 742 g/mol. The third-order valence-corrected chi connectivity index (χ3v) is 8.33. The molecule has 0 saturated carbocycles. The Bertz CT molecular complexity index is 2850. The second kappa shape index (κ2) is 11.1. The molecule has 4 aromatic carbocycles. The van der Waals surface area contributed by atoms with E-state index in [0.717, 1.165) is 16.8 Å². The van der Waals surface area contributed by atoms with Crippen LogP contribution in [0.2, 0.25) is 0 Å². The Morgan fingerprint density at radius 1 is 0.460 bits per heavy atom. The van der Waals surface area contributed by atoms with E-state index in [-0.39, 0.29) is 61.9 Å². The molecule has 0 spiro atoms. The quantitative estimate of drug-likeness (QED) is 0.110. The minimum absolute atomic E-state index is 0. The number of aromatic nitrogens is 8. The van der Waals surface area contributed by atoms with Gasteiger partial charge in [0.1, 0.15) is 28.0 Å². The Hall–Kier alpha value is -6.82. The van der Waals surface area contributed by atoms with E-state index >= 15 is 0 Å². The van der Waals surface area contributed by atoms with E-state index in [9.17, 15) is 30.3 Å². The summed E-state index contributed by atoms with van der Waals surface area (Å²) >= 11 is 0. The molecule has 0 unspecified atom stereocenters. The molecule has 17 nitrogen and oxygen atoms in total. The number of aromatic amines is 2. The fourth-order valence-corrected chi connectivity index (χ4v) is 6.25. The molecule has 2 aliphatic heterocycles. The monoisotopic (exact) mass is 756 g/mol. The van der Waals surface area contributed by atoms with Crippen molar-refractivity contribution in [2.75, 3.05) is 0 Å². The van der Waals surface area contributed by atoms with Gasteiger partial charge in [-0.1, -0.05) is 72.8 Å². The molecule has 0 amide bonds. The minimum atomic E-state index is -1.29. The van der Waals surface area contributed by atoms with Crippen molar-refractivity contribution in [1.29, 1.82) is 0 Å². The molecule has 0 atom stereocenters. The molecule has 244 valence electrons. The van der Waals surface area contributed by atoms with Crippen molar-refractivity contribution in [3.05, 3.63) is 109 Å². The standard InChI is InChI=1S/C32H15N11O6.Ag/c44-41(45)21-13-20-22(24(43(48)49)23(21)42(46)47)32-39-30-19-12-6-5-11-18(19)28(37-30)35-26-15-8-2-1-7-14(15)25(33-26)34-27-16-9-3-4-10-17(16)29(36-27)38-31(20)40-32;/h1-13H,(H2,33,34,35,36,37,38,39,40);/q;+1. The van der Waals surface area contributed by atoms with Crippen LogP contribution in [0.3, 0.4) is 0 Å². The van der Waals surface area contributed by atoms with Crippen LogP contribution in [-0.4, -0.2) is 54.6 Å². The zero-order valence-electron chi connectivity index (χ0n) is 24.8. The summed E-state index contributed by atoms with van der Waals surface area (Å²) in [4.78, 5) is 68.1. The van der Waals surface area contributed by atoms with Gasteiger partial charge in [0.25, 0.3) is 0 Å². The van der Waals surface area contributed by atoms with Crippen LogP contribution in [0.25, 0.3) is 89.7 Å². The summed E-state index contributed by atoms with van der Waals surface area (Å²) in [6.45, 7) is 0. The summed E-state index contributed by atoms with van der Waals surface area (Å²) in [6, 6.07) is 22.6. The van der Waals surface area contributed by atoms with Crippen LogP contribution in [-0.2, 0) is 22.4 Å². The first-order valence-electron chi connectivity index (χ1n) is 14.5. The maximum atomic E-state index is 12.5. The molecule has 8 bridgehead atoms. The number of hydrogen-bond acceptors (Lipinski definition) is 12. The number of H-pyrrole nitrogens is 2. The van der Waals surface area contributed by atoms with Crippen LogP contribution in [0.15, 0.2) is 78.9 Å². The summed E-state index contributed by atoms with van der Waals surface area (Å²) < 4.78 is 0.